The third-order valence-electron chi connectivity index (χ3n) is 5.04. The van der Waals surface area contributed by atoms with Gasteiger partial charge in [0.05, 0.1) is 6.54 Å². The van der Waals surface area contributed by atoms with Gasteiger partial charge in [-0.05, 0) is 37.6 Å². The first-order valence-corrected chi connectivity index (χ1v) is 9.76. The number of piperazine rings is 1. The van der Waals surface area contributed by atoms with Gasteiger partial charge in [0.2, 0.25) is 5.89 Å². The van der Waals surface area contributed by atoms with E-state index in [0.29, 0.717) is 36.1 Å². The summed E-state index contributed by atoms with van der Waals surface area (Å²) in [7, 11) is 0. The Bertz CT molecular complexity index is 1010. The zero-order chi connectivity index (χ0) is 19.7. The number of amides is 2. The molecule has 1 aliphatic heterocycles. The van der Waals surface area contributed by atoms with Gasteiger partial charge in [-0.1, -0.05) is 29.3 Å². The second kappa shape index (κ2) is 7.81. The van der Waals surface area contributed by atoms with Gasteiger partial charge < -0.3 is 14.6 Å². The second-order valence-corrected chi connectivity index (χ2v) is 7.67. The summed E-state index contributed by atoms with van der Waals surface area (Å²) in [4.78, 5) is 21.2. The molecule has 0 aliphatic carbocycles. The third-order valence-corrected chi connectivity index (χ3v) is 5.27. The zero-order valence-corrected chi connectivity index (χ0v) is 16.8. The lowest BCUT2D eigenvalue weighted by atomic mass is 10.1. The number of nitrogens with zero attached hydrogens (tertiary/aromatic N) is 3. The van der Waals surface area contributed by atoms with Crippen LogP contribution < -0.4 is 5.32 Å². The largest absolute Gasteiger partial charge is 0.439 e. The van der Waals surface area contributed by atoms with Gasteiger partial charge in [-0.25, -0.2) is 9.78 Å². The van der Waals surface area contributed by atoms with Crippen molar-refractivity contribution in [3.8, 4) is 0 Å². The fourth-order valence-electron chi connectivity index (χ4n) is 3.46. The second-order valence-electron chi connectivity index (χ2n) is 7.23. The highest BCUT2D eigenvalue weighted by molar-refractivity contribution is 6.31. The van der Waals surface area contributed by atoms with E-state index in [1.165, 1.54) is 5.56 Å². The van der Waals surface area contributed by atoms with E-state index in [9.17, 15) is 4.79 Å². The molecule has 2 heterocycles. The Hall–Kier alpha value is -2.57. The van der Waals surface area contributed by atoms with Crippen molar-refractivity contribution in [1.29, 1.82) is 0 Å². The number of hydrogen-bond acceptors (Lipinski definition) is 4. The monoisotopic (exact) mass is 398 g/mol. The predicted molar refractivity (Wildman–Crippen MR) is 111 cm³/mol. The Kier molecular flexibility index (Phi) is 5.24. The van der Waals surface area contributed by atoms with Gasteiger partial charge in [0, 0.05) is 43.0 Å². The van der Waals surface area contributed by atoms with Gasteiger partial charge >= 0.3 is 6.03 Å². The number of urea groups is 1. The number of nitrogens with one attached hydrogen (secondary N) is 1. The van der Waals surface area contributed by atoms with E-state index in [1.54, 1.807) is 6.07 Å². The van der Waals surface area contributed by atoms with Crippen molar-refractivity contribution in [2.45, 2.75) is 20.4 Å². The van der Waals surface area contributed by atoms with Crippen LogP contribution in [0.4, 0.5) is 10.5 Å². The average molecular weight is 399 g/mol. The molecule has 3 aromatic rings. The SMILES string of the molecule is Cc1ccc(NC(=O)N2CCN(Cc3nc4ccc(Cl)cc4o3)CC2)c(C)c1. The molecule has 1 aromatic heterocycles. The Morgan fingerprint density at radius 1 is 1.14 bits per heavy atom. The van der Waals surface area contributed by atoms with Crippen LogP contribution in [0.1, 0.15) is 17.0 Å². The van der Waals surface area contributed by atoms with Crippen molar-refractivity contribution in [3.05, 3.63) is 58.4 Å². The maximum atomic E-state index is 12.6. The molecule has 0 radical (unpaired) electrons. The molecule has 2 amide bonds. The van der Waals surface area contributed by atoms with Crippen molar-refractivity contribution in [3.63, 3.8) is 0 Å². The van der Waals surface area contributed by atoms with Crippen molar-refractivity contribution >= 4 is 34.4 Å². The van der Waals surface area contributed by atoms with Gasteiger partial charge in [0.15, 0.2) is 5.58 Å². The third kappa shape index (κ3) is 4.13. The fraction of sp³-hybridized carbons (Fsp3) is 0.333. The average Bonchev–Trinajstić information content (AvgIpc) is 3.06. The Labute approximate surface area is 169 Å². The molecule has 0 atom stereocenters. The van der Waals surface area contributed by atoms with Crippen LogP contribution in [0, 0.1) is 13.8 Å². The lowest BCUT2D eigenvalue weighted by Crippen LogP contribution is -2.49. The molecule has 0 bridgehead atoms. The van der Waals surface area contributed by atoms with Crippen LogP contribution in [0.5, 0.6) is 0 Å². The normalized spacial score (nSPS) is 15.2. The molecule has 7 heteroatoms. The molecular formula is C21H23ClN4O2. The minimum Gasteiger partial charge on any atom is -0.439 e. The van der Waals surface area contributed by atoms with E-state index < -0.39 is 0 Å². The summed E-state index contributed by atoms with van der Waals surface area (Å²) >= 11 is 6.00. The van der Waals surface area contributed by atoms with E-state index in [2.05, 4.69) is 21.3 Å². The van der Waals surface area contributed by atoms with E-state index in [0.717, 1.165) is 29.9 Å². The first-order chi connectivity index (χ1) is 13.5. The lowest BCUT2D eigenvalue weighted by molar-refractivity contribution is 0.136. The Balaban J connectivity index is 1.32. The van der Waals surface area contributed by atoms with Crippen LogP contribution in [0.2, 0.25) is 5.02 Å². The highest BCUT2D eigenvalue weighted by Crippen LogP contribution is 2.21. The number of hydrogen-bond donors (Lipinski definition) is 1. The van der Waals surface area contributed by atoms with E-state index >= 15 is 0 Å². The van der Waals surface area contributed by atoms with E-state index in [4.69, 9.17) is 16.0 Å². The summed E-state index contributed by atoms with van der Waals surface area (Å²) in [5.74, 6) is 0.672. The van der Waals surface area contributed by atoms with Crippen LogP contribution in [0.3, 0.4) is 0 Å². The quantitative estimate of drug-likeness (QED) is 0.708. The maximum absolute atomic E-state index is 12.6. The Morgan fingerprint density at radius 3 is 2.68 bits per heavy atom. The number of aryl methyl sites for hydroxylation is 2. The molecule has 0 spiro atoms. The number of carbonyl (C=O) groups is 1. The molecule has 1 saturated heterocycles. The number of oxazole rings is 1. The van der Waals surface area contributed by atoms with Crippen molar-refractivity contribution in [2.75, 3.05) is 31.5 Å². The van der Waals surface area contributed by atoms with Gasteiger partial charge in [-0.15, -0.1) is 0 Å². The molecule has 146 valence electrons. The number of aromatic nitrogens is 1. The molecule has 4 rings (SSSR count). The molecule has 1 fully saturated rings. The molecule has 6 nitrogen and oxygen atoms in total. The molecule has 0 saturated carbocycles. The molecule has 1 aliphatic rings. The summed E-state index contributed by atoms with van der Waals surface area (Å²) in [5.41, 5.74) is 4.64. The fourth-order valence-corrected chi connectivity index (χ4v) is 3.62. The molecule has 2 aromatic carbocycles. The summed E-state index contributed by atoms with van der Waals surface area (Å²) in [6.45, 7) is 7.57. The summed E-state index contributed by atoms with van der Waals surface area (Å²) in [6.07, 6.45) is 0. The lowest BCUT2D eigenvalue weighted by Gasteiger charge is -2.34. The number of halogens is 1. The van der Waals surface area contributed by atoms with Gasteiger partial charge in [-0.2, -0.15) is 0 Å². The minimum absolute atomic E-state index is 0.0527. The molecular weight excluding hydrogens is 376 g/mol. The minimum atomic E-state index is -0.0527. The highest BCUT2D eigenvalue weighted by Gasteiger charge is 2.22. The summed E-state index contributed by atoms with van der Waals surface area (Å²) in [6, 6.07) is 11.4. The maximum Gasteiger partial charge on any atom is 0.321 e. The molecule has 1 N–H and O–H groups in total. The topological polar surface area (TPSA) is 61.6 Å². The van der Waals surface area contributed by atoms with Crippen LogP contribution in [-0.4, -0.2) is 47.0 Å². The van der Waals surface area contributed by atoms with Gasteiger partial charge in [0.25, 0.3) is 0 Å². The first kappa shape index (κ1) is 18.8. The standard InChI is InChI=1S/C21H23ClN4O2/c1-14-3-5-17(15(2)11-14)24-21(27)26-9-7-25(8-10-26)13-20-23-18-6-4-16(22)12-19(18)28-20/h3-6,11-12H,7-10,13H2,1-2H3,(H,24,27). The number of anilines is 1. The number of fused-ring (bicyclic) bond motifs is 1. The molecule has 28 heavy (non-hydrogen) atoms. The van der Waals surface area contributed by atoms with Crippen LogP contribution in [0.25, 0.3) is 11.1 Å². The summed E-state index contributed by atoms with van der Waals surface area (Å²) in [5, 5.41) is 3.66. The predicted octanol–water partition coefficient (Wildman–Crippen LogP) is 4.45. The van der Waals surface area contributed by atoms with Crippen molar-refractivity contribution in [2.24, 2.45) is 0 Å². The highest BCUT2D eigenvalue weighted by atomic mass is 35.5. The zero-order valence-electron chi connectivity index (χ0n) is 16.0. The first-order valence-electron chi connectivity index (χ1n) is 9.38. The van der Waals surface area contributed by atoms with Crippen LogP contribution in [-0.2, 0) is 6.54 Å². The smallest absolute Gasteiger partial charge is 0.321 e. The van der Waals surface area contributed by atoms with E-state index in [-0.39, 0.29) is 6.03 Å². The van der Waals surface area contributed by atoms with E-state index in [1.807, 2.05) is 43.0 Å². The van der Waals surface area contributed by atoms with Crippen LogP contribution in [0.15, 0.2) is 40.8 Å². The number of benzene rings is 2. The number of rotatable bonds is 3. The van der Waals surface area contributed by atoms with Crippen molar-refractivity contribution < 1.29 is 9.21 Å². The van der Waals surface area contributed by atoms with Crippen molar-refractivity contribution in [1.82, 2.24) is 14.8 Å². The Morgan fingerprint density at radius 2 is 1.93 bits per heavy atom. The van der Waals surface area contributed by atoms with Gasteiger partial charge in [-0.3, -0.25) is 4.90 Å². The van der Waals surface area contributed by atoms with Crippen LogP contribution >= 0.6 is 11.6 Å². The summed E-state index contributed by atoms with van der Waals surface area (Å²) < 4.78 is 5.80. The number of carbonyl (C=O) groups excluding carboxylic acids is 1. The van der Waals surface area contributed by atoms with Gasteiger partial charge in [0.1, 0.15) is 5.52 Å². The molecule has 0 unspecified atom stereocenters.